The monoisotopic (exact) mass is 388 g/mol. The summed E-state index contributed by atoms with van der Waals surface area (Å²) in [6, 6.07) is 14.5. The van der Waals surface area contributed by atoms with Gasteiger partial charge in [-0.1, -0.05) is 65.3 Å². The van der Waals surface area contributed by atoms with E-state index in [1.54, 1.807) is 6.08 Å². The number of carbonyl (C=O) groups is 1. The maximum Gasteiger partial charge on any atom is 0.328 e. The second-order valence-electron chi connectivity index (χ2n) is 7.20. The highest BCUT2D eigenvalue weighted by molar-refractivity contribution is 5.86. The zero-order valence-corrected chi connectivity index (χ0v) is 16.8. The summed E-state index contributed by atoms with van der Waals surface area (Å²) in [6.45, 7) is 4.15. The van der Waals surface area contributed by atoms with E-state index in [2.05, 4.69) is 26.0 Å². The molecule has 3 heteroatoms. The molecule has 1 saturated carbocycles. The molecule has 0 aromatic heterocycles. The van der Waals surface area contributed by atoms with Crippen molar-refractivity contribution in [1.29, 1.82) is 0 Å². The topological polar surface area (TPSA) is 37.3 Å². The predicted octanol–water partition coefficient (Wildman–Crippen LogP) is 6.80. The quantitative estimate of drug-likeness (QED) is 0.462. The normalized spacial score (nSPS) is 17.3. The number of carboxylic acid groups (broad SMARTS) is 1. The molecule has 2 aromatic carbocycles. The minimum atomic E-state index is -0.969. The van der Waals surface area contributed by atoms with Gasteiger partial charge in [0.1, 0.15) is 5.82 Å². The molecule has 2 nitrogen and oxygen atoms in total. The van der Waals surface area contributed by atoms with Crippen molar-refractivity contribution in [2.45, 2.75) is 33.1 Å². The fraction of sp³-hybridized carbons (Fsp3) is 0.192. The van der Waals surface area contributed by atoms with Crippen molar-refractivity contribution < 1.29 is 14.3 Å². The molecule has 148 valence electrons. The number of hydrogen-bond acceptors (Lipinski definition) is 1. The van der Waals surface area contributed by atoms with Crippen LogP contribution in [-0.4, -0.2) is 11.1 Å². The first-order chi connectivity index (χ1) is 14.0. The van der Waals surface area contributed by atoms with E-state index in [1.165, 1.54) is 28.9 Å². The summed E-state index contributed by atoms with van der Waals surface area (Å²) in [5.74, 6) is -1.22. The Hall–Kier alpha value is -3.20. The van der Waals surface area contributed by atoms with Crippen LogP contribution < -0.4 is 0 Å². The number of aliphatic carboxylic acids is 1. The van der Waals surface area contributed by atoms with Crippen LogP contribution in [0.1, 0.15) is 49.8 Å². The number of rotatable bonds is 4. The predicted molar refractivity (Wildman–Crippen MR) is 117 cm³/mol. The van der Waals surface area contributed by atoms with Crippen molar-refractivity contribution in [2.24, 2.45) is 0 Å². The first kappa shape index (κ1) is 20.5. The van der Waals surface area contributed by atoms with Crippen molar-refractivity contribution in [3.63, 3.8) is 0 Å². The summed E-state index contributed by atoms with van der Waals surface area (Å²) in [5.41, 5.74) is 8.08. The number of carboxylic acids is 1. The van der Waals surface area contributed by atoms with Gasteiger partial charge in [-0.25, -0.2) is 9.18 Å². The van der Waals surface area contributed by atoms with E-state index >= 15 is 0 Å². The smallest absolute Gasteiger partial charge is 0.328 e. The van der Waals surface area contributed by atoms with Gasteiger partial charge in [-0.05, 0) is 73.6 Å². The fourth-order valence-electron chi connectivity index (χ4n) is 3.73. The number of allylic oxidation sites excluding steroid dienone is 5. The summed E-state index contributed by atoms with van der Waals surface area (Å²) in [7, 11) is 0. The molecule has 0 spiro atoms. The Labute approximate surface area is 171 Å². The minimum absolute atomic E-state index is 0.251. The third-order valence-electron chi connectivity index (χ3n) is 5.26. The maximum atomic E-state index is 13.5. The average Bonchev–Trinajstić information content (AvgIpc) is 2.74. The molecule has 0 unspecified atom stereocenters. The van der Waals surface area contributed by atoms with Crippen LogP contribution in [-0.2, 0) is 4.79 Å². The van der Waals surface area contributed by atoms with Gasteiger partial charge in [0, 0.05) is 6.08 Å². The lowest BCUT2D eigenvalue weighted by Gasteiger charge is -2.25. The molecule has 2 aromatic rings. The van der Waals surface area contributed by atoms with Crippen LogP contribution in [0.4, 0.5) is 4.39 Å². The summed E-state index contributed by atoms with van der Waals surface area (Å²) in [6.07, 6.45) is 9.89. The average molecular weight is 388 g/mol. The molecular formula is C26H25FO2. The van der Waals surface area contributed by atoms with Gasteiger partial charge >= 0.3 is 5.97 Å². The molecule has 0 saturated heterocycles. The van der Waals surface area contributed by atoms with Gasteiger partial charge in [0.25, 0.3) is 0 Å². The Bertz CT molecular complexity index is 982. The highest BCUT2D eigenvalue weighted by atomic mass is 19.1. The van der Waals surface area contributed by atoms with Crippen molar-refractivity contribution >= 4 is 17.6 Å². The largest absolute Gasteiger partial charge is 0.478 e. The van der Waals surface area contributed by atoms with Gasteiger partial charge in [-0.3, -0.25) is 0 Å². The first-order valence-electron chi connectivity index (χ1n) is 9.77. The lowest BCUT2D eigenvalue weighted by atomic mass is 9.80. The molecule has 3 rings (SSSR count). The van der Waals surface area contributed by atoms with Gasteiger partial charge in [-0.15, -0.1) is 0 Å². The summed E-state index contributed by atoms with van der Waals surface area (Å²) >= 11 is 0. The molecule has 29 heavy (non-hydrogen) atoms. The Balaban J connectivity index is 2.11. The van der Waals surface area contributed by atoms with Crippen LogP contribution in [0.3, 0.4) is 0 Å². The minimum Gasteiger partial charge on any atom is -0.478 e. The summed E-state index contributed by atoms with van der Waals surface area (Å²) in [5, 5.41) is 8.82. The van der Waals surface area contributed by atoms with E-state index in [-0.39, 0.29) is 5.82 Å². The Morgan fingerprint density at radius 3 is 1.86 bits per heavy atom. The van der Waals surface area contributed by atoms with Gasteiger partial charge in [-0.2, -0.15) is 0 Å². The number of benzene rings is 2. The van der Waals surface area contributed by atoms with Crippen molar-refractivity contribution in [1.82, 2.24) is 0 Å². The SMILES string of the molecule is C/C=C1/CC(=C(c2ccc(F)cc2)c2ccc(/C=C/C(=O)O)cc2)C/C(=C/C)C1. The van der Waals surface area contributed by atoms with Crippen molar-refractivity contribution in [3.05, 3.63) is 106 Å². The van der Waals surface area contributed by atoms with Crippen LogP contribution >= 0.6 is 0 Å². The van der Waals surface area contributed by atoms with Gasteiger partial charge < -0.3 is 5.11 Å². The standard InChI is InChI=1S/C26H25FO2/c1-3-18-15-19(4-2)17-23(16-18)26(22-10-12-24(27)13-11-22)21-8-5-20(6-9-21)7-14-25(28)29/h3-14H,15-17H2,1-2H3,(H,28,29)/b14-7+,18-3+,19-4+. The van der Waals surface area contributed by atoms with Crippen LogP contribution in [0.2, 0.25) is 0 Å². The Morgan fingerprint density at radius 1 is 0.862 bits per heavy atom. The number of hydrogen-bond donors (Lipinski definition) is 1. The molecule has 1 fully saturated rings. The van der Waals surface area contributed by atoms with E-state index in [9.17, 15) is 9.18 Å². The van der Waals surface area contributed by atoms with Gasteiger partial charge in [0.05, 0.1) is 0 Å². The first-order valence-corrected chi connectivity index (χ1v) is 9.77. The van der Waals surface area contributed by atoms with Crippen LogP contribution in [0, 0.1) is 5.82 Å². The lowest BCUT2D eigenvalue weighted by Crippen LogP contribution is -2.05. The molecule has 0 bridgehead atoms. The maximum absolute atomic E-state index is 13.5. The van der Waals surface area contributed by atoms with E-state index < -0.39 is 5.97 Å². The van der Waals surface area contributed by atoms with Crippen LogP contribution in [0.15, 0.2) is 83.5 Å². The molecular weight excluding hydrogens is 363 g/mol. The highest BCUT2D eigenvalue weighted by Gasteiger charge is 2.19. The Kier molecular flexibility index (Phi) is 6.61. The molecule has 1 N–H and O–H groups in total. The van der Waals surface area contributed by atoms with Gasteiger partial charge in [0.2, 0.25) is 0 Å². The Morgan fingerprint density at radius 2 is 1.38 bits per heavy atom. The zero-order valence-electron chi connectivity index (χ0n) is 16.8. The van der Waals surface area contributed by atoms with Crippen molar-refractivity contribution in [3.8, 4) is 0 Å². The van der Waals surface area contributed by atoms with Gasteiger partial charge in [0.15, 0.2) is 0 Å². The number of halogens is 1. The summed E-state index contributed by atoms with van der Waals surface area (Å²) < 4.78 is 13.5. The zero-order chi connectivity index (χ0) is 20.8. The van der Waals surface area contributed by atoms with Crippen LogP contribution in [0.25, 0.3) is 11.6 Å². The van der Waals surface area contributed by atoms with E-state index in [1.807, 2.05) is 36.4 Å². The second-order valence-corrected chi connectivity index (χ2v) is 7.20. The van der Waals surface area contributed by atoms with E-state index in [0.717, 1.165) is 47.6 Å². The molecule has 1 aliphatic rings. The van der Waals surface area contributed by atoms with E-state index in [0.29, 0.717) is 0 Å². The molecule has 0 atom stereocenters. The second kappa shape index (κ2) is 9.33. The summed E-state index contributed by atoms with van der Waals surface area (Å²) in [4.78, 5) is 10.7. The highest BCUT2D eigenvalue weighted by Crippen LogP contribution is 2.39. The molecule has 0 heterocycles. The van der Waals surface area contributed by atoms with E-state index in [4.69, 9.17) is 5.11 Å². The van der Waals surface area contributed by atoms with Crippen LogP contribution in [0.5, 0.6) is 0 Å². The fourth-order valence-corrected chi connectivity index (χ4v) is 3.73. The molecule has 0 amide bonds. The van der Waals surface area contributed by atoms with Crippen molar-refractivity contribution in [2.75, 3.05) is 0 Å². The molecule has 1 aliphatic carbocycles. The lowest BCUT2D eigenvalue weighted by molar-refractivity contribution is -0.131. The third kappa shape index (κ3) is 5.20. The molecule has 0 aliphatic heterocycles. The molecule has 0 radical (unpaired) electrons. The third-order valence-corrected chi connectivity index (χ3v) is 5.26.